The van der Waals surface area contributed by atoms with Crippen molar-refractivity contribution in [2.24, 2.45) is 0 Å². The highest BCUT2D eigenvalue weighted by Gasteiger charge is 2.17. The fourth-order valence-corrected chi connectivity index (χ4v) is 2.41. The van der Waals surface area contributed by atoms with Crippen LogP contribution in [-0.2, 0) is 11.3 Å². The normalized spacial score (nSPS) is 13.2. The minimum Gasteiger partial charge on any atom is -0.497 e. The van der Waals surface area contributed by atoms with E-state index in [4.69, 9.17) is 4.74 Å². The standard InChI is InChI=1S/C19H22F2N2O2/c1-12(15-6-9-17(20)18(21)10-15)23-13(2)19(24)22-11-14-4-7-16(25-3)8-5-14/h4-10,12-13,23H,11H2,1-3H3,(H,22,24)/t12-,13-/m0/s1. The van der Waals surface area contributed by atoms with Gasteiger partial charge in [0.05, 0.1) is 13.2 Å². The van der Waals surface area contributed by atoms with Gasteiger partial charge in [-0.1, -0.05) is 18.2 Å². The molecule has 0 aliphatic rings. The van der Waals surface area contributed by atoms with Crippen molar-refractivity contribution in [2.75, 3.05) is 7.11 Å². The van der Waals surface area contributed by atoms with Gasteiger partial charge in [0.1, 0.15) is 5.75 Å². The molecule has 2 rings (SSSR count). The summed E-state index contributed by atoms with van der Waals surface area (Å²) >= 11 is 0. The van der Waals surface area contributed by atoms with E-state index in [9.17, 15) is 13.6 Å². The molecule has 134 valence electrons. The molecule has 0 aliphatic carbocycles. The predicted molar refractivity (Wildman–Crippen MR) is 92.2 cm³/mol. The average Bonchev–Trinajstić information content (AvgIpc) is 2.62. The number of carbonyl (C=O) groups excluding carboxylic acids is 1. The lowest BCUT2D eigenvalue weighted by Crippen LogP contribution is -2.42. The summed E-state index contributed by atoms with van der Waals surface area (Å²) in [7, 11) is 1.60. The molecular weight excluding hydrogens is 326 g/mol. The molecular formula is C19H22F2N2O2. The van der Waals surface area contributed by atoms with E-state index in [0.717, 1.165) is 23.4 Å². The zero-order valence-corrected chi connectivity index (χ0v) is 14.5. The number of nitrogens with one attached hydrogen (secondary N) is 2. The monoisotopic (exact) mass is 348 g/mol. The molecule has 2 aromatic rings. The van der Waals surface area contributed by atoms with E-state index < -0.39 is 17.7 Å². The number of halogens is 2. The zero-order chi connectivity index (χ0) is 18.4. The zero-order valence-electron chi connectivity index (χ0n) is 14.5. The Bertz CT molecular complexity index is 720. The summed E-state index contributed by atoms with van der Waals surface area (Å²) in [4.78, 5) is 12.2. The number of amides is 1. The van der Waals surface area contributed by atoms with Crippen LogP contribution in [0.5, 0.6) is 5.75 Å². The lowest BCUT2D eigenvalue weighted by Gasteiger charge is -2.20. The van der Waals surface area contributed by atoms with Crippen LogP contribution >= 0.6 is 0 Å². The van der Waals surface area contributed by atoms with Crippen molar-refractivity contribution >= 4 is 5.91 Å². The van der Waals surface area contributed by atoms with Crippen molar-refractivity contribution in [1.82, 2.24) is 10.6 Å². The number of methoxy groups -OCH3 is 1. The Kier molecular flexibility index (Phi) is 6.47. The number of ether oxygens (including phenoxy) is 1. The van der Waals surface area contributed by atoms with Gasteiger partial charge in [-0.05, 0) is 49.2 Å². The summed E-state index contributed by atoms with van der Waals surface area (Å²) in [6, 6.07) is 10.3. The fourth-order valence-electron chi connectivity index (χ4n) is 2.41. The second-order valence-electron chi connectivity index (χ2n) is 5.85. The molecule has 0 aromatic heterocycles. The molecule has 0 saturated heterocycles. The van der Waals surface area contributed by atoms with Gasteiger partial charge in [-0.15, -0.1) is 0 Å². The molecule has 0 bridgehead atoms. The molecule has 0 radical (unpaired) electrons. The number of carbonyl (C=O) groups is 1. The summed E-state index contributed by atoms with van der Waals surface area (Å²) in [6.07, 6.45) is 0. The van der Waals surface area contributed by atoms with E-state index in [1.165, 1.54) is 6.07 Å². The van der Waals surface area contributed by atoms with Gasteiger partial charge in [0.15, 0.2) is 11.6 Å². The van der Waals surface area contributed by atoms with Crippen LogP contribution in [0.2, 0.25) is 0 Å². The summed E-state index contributed by atoms with van der Waals surface area (Å²) < 4.78 is 31.4. The van der Waals surface area contributed by atoms with Crippen molar-refractivity contribution in [3.05, 3.63) is 65.2 Å². The van der Waals surface area contributed by atoms with Crippen LogP contribution in [0.1, 0.15) is 31.0 Å². The fraction of sp³-hybridized carbons (Fsp3) is 0.316. The first kappa shape index (κ1) is 18.9. The van der Waals surface area contributed by atoms with Crippen molar-refractivity contribution in [3.63, 3.8) is 0 Å². The van der Waals surface area contributed by atoms with E-state index in [2.05, 4.69) is 10.6 Å². The Morgan fingerprint density at radius 3 is 2.36 bits per heavy atom. The first-order chi connectivity index (χ1) is 11.9. The SMILES string of the molecule is COc1ccc(CNC(=O)[C@H](C)N[C@@H](C)c2ccc(F)c(F)c2)cc1. The van der Waals surface area contributed by atoms with E-state index >= 15 is 0 Å². The van der Waals surface area contributed by atoms with E-state index in [0.29, 0.717) is 12.1 Å². The number of hydrogen-bond donors (Lipinski definition) is 2. The predicted octanol–water partition coefficient (Wildman–Crippen LogP) is 3.33. The largest absolute Gasteiger partial charge is 0.497 e. The van der Waals surface area contributed by atoms with Gasteiger partial charge in [0.25, 0.3) is 0 Å². The molecule has 4 nitrogen and oxygen atoms in total. The van der Waals surface area contributed by atoms with Gasteiger partial charge in [-0.25, -0.2) is 8.78 Å². The van der Waals surface area contributed by atoms with Crippen molar-refractivity contribution in [3.8, 4) is 5.75 Å². The van der Waals surface area contributed by atoms with Gasteiger partial charge < -0.3 is 10.1 Å². The maximum Gasteiger partial charge on any atom is 0.237 e. The Hall–Kier alpha value is -2.47. The summed E-state index contributed by atoms with van der Waals surface area (Å²) in [5.74, 6) is -1.21. The van der Waals surface area contributed by atoms with Gasteiger partial charge in [-0.3, -0.25) is 10.1 Å². The minimum atomic E-state index is -0.900. The van der Waals surface area contributed by atoms with Crippen LogP contribution in [-0.4, -0.2) is 19.1 Å². The highest BCUT2D eigenvalue weighted by molar-refractivity contribution is 5.81. The van der Waals surface area contributed by atoms with Crippen LogP contribution < -0.4 is 15.4 Å². The molecule has 2 aromatic carbocycles. The molecule has 0 spiro atoms. The molecule has 2 atom stereocenters. The molecule has 0 aliphatic heterocycles. The Balaban J connectivity index is 1.87. The maximum absolute atomic E-state index is 13.3. The Labute approximate surface area is 146 Å². The quantitative estimate of drug-likeness (QED) is 0.807. The van der Waals surface area contributed by atoms with Gasteiger partial charge >= 0.3 is 0 Å². The third-order valence-electron chi connectivity index (χ3n) is 3.96. The van der Waals surface area contributed by atoms with E-state index in [-0.39, 0.29) is 11.9 Å². The molecule has 25 heavy (non-hydrogen) atoms. The van der Waals surface area contributed by atoms with Crippen molar-refractivity contribution in [2.45, 2.75) is 32.5 Å². The molecule has 0 unspecified atom stereocenters. The number of rotatable bonds is 7. The molecule has 0 fully saturated rings. The van der Waals surface area contributed by atoms with Crippen LogP contribution in [0.25, 0.3) is 0 Å². The van der Waals surface area contributed by atoms with Gasteiger partial charge in [0, 0.05) is 12.6 Å². The molecule has 2 N–H and O–H groups in total. The molecule has 6 heteroatoms. The summed E-state index contributed by atoms with van der Waals surface area (Å²) in [5.41, 5.74) is 1.53. The minimum absolute atomic E-state index is 0.176. The number of benzene rings is 2. The van der Waals surface area contributed by atoms with Crippen LogP contribution in [0, 0.1) is 11.6 Å². The molecule has 1 amide bonds. The van der Waals surface area contributed by atoms with Gasteiger partial charge in [0.2, 0.25) is 5.91 Å². The van der Waals surface area contributed by atoms with Crippen LogP contribution in [0.3, 0.4) is 0 Å². The second-order valence-corrected chi connectivity index (χ2v) is 5.85. The third kappa shape index (κ3) is 5.26. The van der Waals surface area contributed by atoms with Crippen molar-refractivity contribution in [1.29, 1.82) is 0 Å². The summed E-state index contributed by atoms with van der Waals surface area (Å²) in [5, 5.41) is 5.91. The number of hydrogen-bond acceptors (Lipinski definition) is 3. The van der Waals surface area contributed by atoms with Gasteiger partial charge in [-0.2, -0.15) is 0 Å². The average molecular weight is 348 g/mol. The Morgan fingerprint density at radius 2 is 1.76 bits per heavy atom. The van der Waals surface area contributed by atoms with Crippen LogP contribution in [0.4, 0.5) is 8.78 Å². The topological polar surface area (TPSA) is 50.4 Å². The first-order valence-electron chi connectivity index (χ1n) is 8.02. The van der Waals surface area contributed by atoms with E-state index in [1.54, 1.807) is 21.0 Å². The molecule has 0 saturated carbocycles. The summed E-state index contributed by atoms with van der Waals surface area (Å²) in [6.45, 7) is 3.91. The van der Waals surface area contributed by atoms with E-state index in [1.807, 2.05) is 24.3 Å². The van der Waals surface area contributed by atoms with Crippen molar-refractivity contribution < 1.29 is 18.3 Å². The highest BCUT2D eigenvalue weighted by Crippen LogP contribution is 2.16. The highest BCUT2D eigenvalue weighted by atomic mass is 19.2. The second kappa shape index (κ2) is 8.58. The first-order valence-corrected chi connectivity index (χ1v) is 8.02. The third-order valence-corrected chi connectivity index (χ3v) is 3.96. The lowest BCUT2D eigenvalue weighted by atomic mass is 10.1. The Morgan fingerprint density at radius 1 is 1.08 bits per heavy atom. The maximum atomic E-state index is 13.3. The molecule has 0 heterocycles. The smallest absolute Gasteiger partial charge is 0.237 e. The lowest BCUT2D eigenvalue weighted by molar-refractivity contribution is -0.123. The van der Waals surface area contributed by atoms with Crippen LogP contribution in [0.15, 0.2) is 42.5 Å².